The lowest BCUT2D eigenvalue weighted by Crippen LogP contribution is -2.54. The van der Waals surface area contributed by atoms with Gasteiger partial charge in [0.25, 0.3) is 0 Å². The quantitative estimate of drug-likeness (QED) is 0.795. The Balaban J connectivity index is 1.34. The lowest BCUT2D eigenvalue weighted by Gasteiger charge is -2.36. The van der Waals surface area contributed by atoms with Crippen molar-refractivity contribution in [2.24, 2.45) is 0 Å². The SMILES string of the molecule is N#CC1(NC(=O)CN2CCN(CCOc3ccccc3)CC2)CCCCC1. The van der Waals surface area contributed by atoms with Gasteiger partial charge in [-0.25, -0.2) is 0 Å². The molecule has 2 aliphatic rings. The molecule has 0 spiro atoms. The van der Waals surface area contributed by atoms with Gasteiger partial charge < -0.3 is 10.1 Å². The van der Waals surface area contributed by atoms with Crippen LogP contribution < -0.4 is 10.1 Å². The van der Waals surface area contributed by atoms with E-state index in [1.807, 2.05) is 30.3 Å². The number of ether oxygens (including phenoxy) is 1. The normalized spacial score (nSPS) is 20.6. The Morgan fingerprint density at radius 1 is 1.07 bits per heavy atom. The van der Waals surface area contributed by atoms with Crippen LogP contribution >= 0.6 is 0 Å². The molecule has 0 radical (unpaired) electrons. The van der Waals surface area contributed by atoms with E-state index in [9.17, 15) is 10.1 Å². The topological polar surface area (TPSA) is 68.6 Å². The Morgan fingerprint density at radius 3 is 2.41 bits per heavy atom. The van der Waals surface area contributed by atoms with Crippen LogP contribution in [0.3, 0.4) is 0 Å². The third-order valence-corrected chi connectivity index (χ3v) is 5.55. The summed E-state index contributed by atoms with van der Waals surface area (Å²) >= 11 is 0. The number of piperazine rings is 1. The van der Waals surface area contributed by atoms with Crippen LogP contribution in [0.1, 0.15) is 32.1 Å². The molecule has 27 heavy (non-hydrogen) atoms. The van der Waals surface area contributed by atoms with Crippen LogP contribution in [-0.2, 0) is 4.79 Å². The van der Waals surface area contributed by atoms with Crippen molar-refractivity contribution in [1.82, 2.24) is 15.1 Å². The van der Waals surface area contributed by atoms with Crippen LogP contribution in [0.5, 0.6) is 5.75 Å². The summed E-state index contributed by atoms with van der Waals surface area (Å²) in [6.07, 6.45) is 4.78. The highest BCUT2D eigenvalue weighted by molar-refractivity contribution is 5.79. The van der Waals surface area contributed by atoms with E-state index in [-0.39, 0.29) is 5.91 Å². The van der Waals surface area contributed by atoms with E-state index in [0.29, 0.717) is 13.2 Å². The predicted molar refractivity (Wildman–Crippen MR) is 104 cm³/mol. The summed E-state index contributed by atoms with van der Waals surface area (Å²) < 4.78 is 5.76. The second kappa shape index (κ2) is 9.72. The van der Waals surface area contributed by atoms with E-state index in [2.05, 4.69) is 21.2 Å². The van der Waals surface area contributed by atoms with E-state index in [0.717, 1.165) is 70.6 Å². The Labute approximate surface area is 162 Å². The molecule has 1 saturated carbocycles. The molecule has 0 aromatic heterocycles. The minimum absolute atomic E-state index is 0.0145. The molecule has 6 heteroatoms. The molecule has 1 aliphatic heterocycles. The van der Waals surface area contributed by atoms with Crippen LogP contribution in [0.15, 0.2) is 30.3 Å². The number of rotatable bonds is 7. The van der Waals surface area contributed by atoms with Gasteiger partial charge in [-0.05, 0) is 25.0 Å². The third kappa shape index (κ3) is 5.95. The van der Waals surface area contributed by atoms with Crippen LogP contribution in [0.25, 0.3) is 0 Å². The summed E-state index contributed by atoms with van der Waals surface area (Å²) in [6.45, 7) is 5.58. The molecule has 146 valence electrons. The van der Waals surface area contributed by atoms with E-state index in [1.54, 1.807) is 0 Å². The minimum atomic E-state index is -0.633. The fourth-order valence-corrected chi connectivity index (χ4v) is 3.91. The number of nitrogens with one attached hydrogen (secondary N) is 1. The molecule has 1 heterocycles. The van der Waals surface area contributed by atoms with Crippen molar-refractivity contribution in [1.29, 1.82) is 5.26 Å². The summed E-state index contributed by atoms with van der Waals surface area (Å²) in [5.41, 5.74) is -0.633. The Hall–Kier alpha value is -2.10. The van der Waals surface area contributed by atoms with Gasteiger partial charge in [0.15, 0.2) is 0 Å². The third-order valence-electron chi connectivity index (χ3n) is 5.55. The molecule has 1 N–H and O–H groups in total. The molecule has 1 amide bonds. The lowest BCUT2D eigenvalue weighted by atomic mass is 9.83. The van der Waals surface area contributed by atoms with Crippen molar-refractivity contribution < 1.29 is 9.53 Å². The molecular weight excluding hydrogens is 340 g/mol. The van der Waals surface area contributed by atoms with Gasteiger partial charge in [-0.2, -0.15) is 5.26 Å². The largest absolute Gasteiger partial charge is 0.492 e. The molecule has 0 unspecified atom stereocenters. The number of carbonyl (C=O) groups excluding carboxylic acids is 1. The molecule has 1 aromatic rings. The number of para-hydroxylation sites is 1. The molecule has 6 nitrogen and oxygen atoms in total. The molecule has 1 aromatic carbocycles. The van der Waals surface area contributed by atoms with Crippen molar-refractivity contribution in [2.45, 2.75) is 37.6 Å². The highest BCUT2D eigenvalue weighted by Crippen LogP contribution is 2.27. The van der Waals surface area contributed by atoms with Crippen molar-refractivity contribution in [3.05, 3.63) is 30.3 Å². The fourth-order valence-electron chi connectivity index (χ4n) is 3.91. The Kier molecular flexibility index (Phi) is 7.08. The van der Waals surface area contributed by atoms with E-state index in [4.69, 9.17) is 4.74 Å². The van der Waals surface area contributed by atoms with E-state index in [1.165, 1.54) is 0 Å². The van der Waals surface area contributed by atoms with Crippen LogP contribution in [0.2, 0.25) is 0 Å². The van der Waals surface area contributed by atoms with Gasteiger partial charge in [0.1, 0.15) is 17.9 Å². The number of amides is 1. The molecule has 0 atom stereocenters. The van der Waals surface area contributed by atoms with Gasteiger partial charge in [-0.15, -0.1) is 0 Å². The number of nitriles is 1. The first-order valence-corrected chi connectivity index (χ1v) is 10.0. The first-order chi connectivity index (χ1) is 13.2. The van der Waals surface area contributed by atoms with Crippen molar-refractivity contribution in [2.75, 3.05) is 45.9 Å². The monoisotopic (exact) mass is 370 g/mol. The van der Waals surface area contributed by atoms with Gasteiger partial charge in [0, 0.05) is 32.7 Å². The molecule has 2 fully saturated rings. The Morgan fingerprint density at radius 2 is 1.74 bits per heavy atom. The molecule has 3 rings (SSSR count). The number of benzene rings is 1. The average molecular weight is 370 g/mol. The average Bonchev–Trinajstić information content (AvgIpc) is 2.71. The number of carbonyl (C=O) groups is 1. The first kappa shape index (κ1) is 19.7. The smallest absolute Gasteiger partial charge is 0.235 e. The maximum atomic E-state index is 12.4. The van der Waals surface area contributed by atoms with Crippen LogP contribution in [0.4, 0.5) is 0 Å². The summed E-state index contributed by atoms with van der Waals surface area (Å²) in [5, 5.41) is 12.5. The number of hydrogen-bond acceptors (Lipinski definition) is 5. The van der Waals surface area contributed by atoms with Gasteiger partial charge in [0.2, 0.25) is 5.91 Å². The van der Waals surface area contributed by atoms with Crippen LogP contribution in [-0.4, -0.2) is 67.1 Å². The van der Waals surface area contributed by atoms with Gasteiger partial charge in [-0.1, -0.05) is 37.5 Å². The highest BCUT2D eigenvalue weighted by Gasteiger charge is 2.34. The van der Waals surface area contributed by atoms with Gasteiger partial charge >= 0.3 is 0 Å². The zero-order valence-electron chi connectivity index (χ0n) is 16.0. The van der Waals surface area contributed by atoms with Crippen molar-refractivity contribution >= 4 is 5.91 Å². The maximum Gasteiger partial charge on any atom is 0.235 e. The standard InChI is InChI=1S/C21H30N4O2/c22-18-21(9-5-2-6-10-21)23-20(26)17-25-13-11-24(12-14-25)15-16-27-19-7-3-1-4-8-19/h1,3-4,7-8H,2,5-6,9-17H2,(H,23,26). The predicted octanol–water partition coefficient (Wildman–Crippen LogP) is 2.03. The lowest BCUT2D eigenvalue weighted by molar-refractivity contribution is -0.124. The number of hydrogen-bond donors (Lipinski definition) is 1. The van der Waals surface area contributed by atoms with Gasteiger partial charge in [0.05, 0.1) is 12.6 Å². The fraction of sp³-hybridized carbons (Fsp3) is 0.619. The summed E-state index contributed by atoms with van der Waals surface area (Å²) in [4.78, 5) is 17.0. The molecule has 1 saturated heterocycles. The zero-order chi connectivity index (χ0) is 19.0. The van der Waals surface area contributed by atoms with Crippen molar-refractivity contribution in [3.63, 3.8) is 0 Å². The second-order valence-electron chi connectivity index (χ2n) is 7.58. The highest BCUT2D eigenvalue weighted by atomic mass is 16.5. The molecular formula is C21H30N4O2. The Bertz CT molecular complexity index is 629. The molecule has 1 aliphatic carbocycles. The van der Waals surface area contributed by atoms with Gasteiger partial charge in [-0.3, -0.25) is 14.6 Å². The second-order valence-corrected chi connectivity index (χ2v) is 7.58. The first-order valence-electron chi connectivity index (χ1n) is 10.0. The van der Waals surface area contributed by atoms with E-state index < -0.39 is 5.54 Å². The minimum Gasteiger partial charge on any atom is -0.492 e. The summed E-state index contributed by atoms with van der Waals surface area (Å²) in [7, 11) is 0. The molecule has 0 bridgehead atoms. The van der Waals surface area contributed by atoms with Crippen LogP contribution in [0, 0.1) is 11.3 Å². The van der Waals surface area contributed by atoms with E-state index >= 15 is 0 Å². The summed E-state index contributed by atoms with van der Waals surface area (Å²) in [6, 6.07) is 12.2. The zero-order valence-corrected chi connectivity index (χ0v) is 16.0. The summed E-state index contributed by atoms with van der Waals surface area (Å²) in [5.74, 6) is 0.890. The van der Waals surface area contributed by atoms with Crippen molar-refractivity contribution in [3.8, 4) is 11.8 Å². The number of nitrogens with zero attached hydrogens (tertiary/aromatic N) is 3. The maximum absolute atomic E-state index is 12.4.